The van der Waals surface area contributed by atoms with Crippen molar-refractivity contribution in [2.75, 3.05) is 42.9 Å². The van der Waals surface area contributed by atoms with E-state index in [4.69, 9.17) is 0 Å². The van der Waals surface area contributed by atoms with Crippen LogP contribution in [0.5, 0.6) is 0 Å². The summed E-state index contributed by atoms with van der Waals surface area (Å²) in [5.41, 5.74) is 0. The second-order valence-electron chi connectivity index (χ2n) is 8.19. The number of nitrogens with one attached hydrogen (secondary N) is 1. The summed E-state index contributed by atoms with van der Waals surface area (Å²) in [5.74, 6) is 1.51. The molecular weight excluding hydrogens is 329 g/mol. The van der Waals surface area contributed by atoms with E-state index in [9.17, 15) is 4.39 Å². The van der Waals surface area contributed by atoms with Gasteiger partial charge in [0.15, 0.2) is 11.6 Å². The molecule has 0 atom stereocenters. The summed E-state index contributed by atoms with van der Waals surface area (Å²) >= 11 is 0. The van der Waals surface area contributed by atoms with E-state index in [0.29, 0.717) is 11.8 Å². The van der Waals surface area contributed by atoms with Crippen LogP contribution in [0.15, 0.2) is 6.20 Å². The Labute approximate surface area is 156 Å². The van der Waals surface area contributed by atoms with Gasteiger partial charge in [0.05, 0.1) is 6.20 Å². The van der Waals surface area contributed by atoms with Gasteiger partial charge in [0.2, 0.25) is 5.95 Å². The summed E-state index contributed by atoms with van der Waals surface area (Å²) in [6, 6.07) is 0.866. The van der Waals surface area contributed by atoms with Crippen molar-refractivity contribution in [3.8, 4) is 0 Å². The van der Waals surface area contributed by atoms with Gasteiger partial charge in [-0.1, -0.05) is 12.8 Å². The molecule has 144 valence electrons. The lowest BCUT2D eigenvalue weighted by Gasteiger charge is -2.36. The average molecular weight is 362 g/mol. The van der Waals surface area contributed by atoms with Crippen molar-refractivity contribution in [3.05, 3.63) is 12.0 Å². The fourth-order valence-corrected chi connectivity index (χ4v) is 4.86. The summed E-state index contributed by atoms with van der Waals surface area (Å²) in [6.07, 6.45) is 13.0. The minimum Gasteiger partial charge on any atom is -0.354 e. The van der Waals surface area contributed by atoms with Crippen LogP contribution >= 0.6 is 0 Å². The van der Waals surface area contributed by atoms with Crippen molar-refractivity contribution in [2.45, 2.75) is 63.8 Å². The summed E-state index contributed by atoms with van der Waals surface area (Å²) in [4.78, 5) is 13.3. The van der Waals surface area contributed by atoms with Gasteiger partial charge >= 0.3 is 0 Å². The van der Waals surface area contributed by atoms with Gasteiger partial charge in [-0.3, -0.25) is 0 Å². The van der Waals surface area contributed by atoms with E-state index < -0.39 is 0 Å². The van der Waals surface area contributed by atoms with E-state index in [1.165, 1.54) is 57.8 Å². The summed E-state index contributed by atoms with van der Waals surface area (Å²) < 4.78 is 14.0. The number of halogens is 1. The van der Waals surface area contributed by atoms with E-state index in [1.54, 1.807) is 0 Å². The normalized spacial score (nSPS) is 23.0. The molecule has 0 unspecified atom stereocenters. The average Bonchev–Trinajstić information content (AvgIpc) is 3.38. The molecule has 6 heteroatoms. The third-order valence-electron chi connectivity index (χ3n) is 6.46. The first-order chi connectivity index (χ1) is 12.8. The first-order valence-electron chi connectivity index (χ1n) is 10.5. The van der Waals surface area contributed by atoms with Crippen LogP contribution in [0.25, 0.3) is 0 Å². The van der Waals surface area contributed by atoms with Crippen LogP contribution in [0.4, 0.5) is 16.2 Å². The number of anilines is 2. The number of piperidine rings is 1. The largest absolute Gasteiger partial charge is 0.354 e. The summed E-state index contributed by atoms with van der Waals surface area (Å²) in [7, 11) is 0. The lowest BCUT2D eigenvalue weighted by molar-refractivity contribution is 0.132. The minimum atomic E-state index is -0.309. The topological polar surface area (TPSA) is 44.3 Å². The zero-order valence-electron chi connectivity index (χ0n) is 15.8. The standard InChI is InChI=1S/C20H32FN5/c21-18-15-23-20(24-19(18)26-11-3-4-12-26)22-10-7-16-8-13-25(14-9-16)17-5-1-2-6-17/h15-17H,1-14H2,(H,22,23,24). The zero-order valence-corrected chi connectivity index (χ0v) is 15.8. The number of aromatic nitrogens is 2. The Kier molecular flexibility index (Phi) is 5.88. The molecule has 0 bridgehead atoms. The summed E-state index contributed by atoms with van der Waals surface area (Å²) in [6.45, 7) is 5.20. The fraction of sp³-hybridized carbons (Fsp3) is 0.800. The van der Waals surface area contributed by atoms with Gasteiger partial charge in [0.25, 0.3) is 0 Å². The van der Waals surface area contributed by atoms with Crippen molar-refractivity contribution >= 4 is 11.8 Å². The van der Waals surface area contributed by atoms with Crippen LogP contribution in [-0.2, 0) is 0 Å². The van der Waals surface area contributed by atoms with Crippen LogP contribution in [0.3, 0.4) is 0 Å². The first kappa shape index (κ1) is 18.0. The Balaban J connectivity index is 1.22. The van der Waals surface area contributed by atoms with E-state index >= 15 is 0 Å². The molecule has 1 N–H and O–H groups in total. The van der Waals surface area contributed by atoms with Crippen molar-refractivity contribution in [3.63, 3.8) is 0 Å². The Morgan fingerprint density at radius 1 is 1.00 bits per heavy atom. The van der Waals surface area contributed by atoms with Gasteiger partial charge in [-0.25, -0.2) is 9.37 Å². The molecule has 3 aliphatic rings. The number of hydrogen-bond acceptors (Lipinski definition) is 5. The molecule has 0 aromatic carbocycles. The third kappa shape index (κ3) is 4.27. The SMILES string of the molecule is Fc1cnc(NCCC2CCN(C3CCCC3)CC2)nc1N1CCCC1. The van der Waals surface area contributed by atoms with Gasteiger partial charge in [0, 0.05) is 25.7 Å². The molecule has 3 heterocycles. The predicted octanol–water partition coefficient (Wildman–Crippen LogP) is 3.67. The highest BCUT2D eigenvalue weighted by Gasteiger charge is 2.27. The Bertz CT molecular complexity index is 576. The minimum absolute atomic E-state index is 0.309. The van der Waals surface area contributed by atoms with E-state index in [1.807, 2.05) is 4.90 Å². The lowest BCUT2D eigenvalue weighted by atomic mass is 9.92. The van der Waals surface area contributed by atoms with Crippen LogP contribution in [0.2, 0.25) is 0 Å². The molecule has 0 amide bonds. The molecular formula is C20H32FN5. The molecule has 1 aromatic rings. The molecule has 0 radical (unpaired) electrons. The van der Waals surface area contributed by atoms with Crippen molar-refractivity contribution < 1.29 is 4.39 Å². The van der Waals surface area contributed by atoms with Gasteiger partial charge in [0.1, 0.15) is 0 Å². The van der Waals surface area contributed by atoms with Crippen molar-refractivity contribution in [1.29, 1.82) is 0 Å². The maximum absolute atomic E-state index is 14.0. The molecule has 1 aliphatic carbocycles. The van der Waals surface area contributed by atoms with Gasteiger partial charge in [-0.2, -0.15) is 4.98 Å². The fourth-order valence-electron chi connectivity index (χ4n) is 4.86. The molecule has 5 nitrogen and oxygen atoms in total. The number of likely N-dealkylation sites (tertiary alicyclic amines) is 1. The lowest BCUT2D eigenvalue weighted by Crippen LogP contribution is -2.40. The molecule has 4 rings (SSSR count). The van der Waals surface area contributed by atoms with Crippen LogP contribution < -0.4 is 10.2 Å². The maximum Gasteiger partial charge on any atom is 0.224 e. The Hall–Kier alpha value is -1.43. The second-order valence-corrected chi connectivity index (χ2v) is 8.19. The third-order valence-corrected chi connectivity index (χ3v) is 6.46. The summed E-state index contributed by atoms with van der Waals surface area (Å²) in [5, 5.41) is 3.32. The molecule has 3 fully saturated rings. The van der Waals surface area contributed by atoms with Crippen LogP contribution in [0, 0.1) is 11.7 Å². The van der Waals surface area contributed by atoms with Gasteiger partial charge in [-0.15, -0.1) is 0 Å². The van der Waals surface area contributed by atoms with Gasteiger partial charge < -0.3 is 15.1 Å². The smallest absolute Gasteiger partial charge is 0.224 e. The van der Waals surface area contributed by atoms with Crippen LogP contribution in [0.1, 0.15) is 57.8 Å². The molecule has 26 heavy (non-hydrogen) atoms. The highest BCUT2D eigenvalue weighted by atomic mass is 19.1. The predicted molar refractivity (Wildman–Crippen MR) is 103 cm³/mol. The molecule has 1 aromatic heterocycles. The quantitative estimate of drug-likeness (QED) is 0.837. The number of rotatable bonds is 6. The molecule has 1 saturated carbocycles. The Morgan fingerprint density at radius 3 is 2.46 bits per heavy atom. The van der Waals surface area contributed by atoms with Crippen LogP contribution in [-0.4, -0.2) is 53.6 Å². The molecule has 0 spiro atoms. The van der Waals surface area contributed by atoms with Crippen molar-refractivity contribution in [2.24, 2.45) is 5.92 Å². The van der Waals surface area contributed by atoms with Crippen molar-refractivity contribution in [1.82, 2.24) is 14.9 Å². The van der Waals surface area contributed by atoms with E-state index in [0.717, 1.165) is 50.9 Å². The molecule has 2 saturated heterocycles. The first-order valence-corrected chi connectivity index (χ1v) is 10.5. The van der Waals surface area contributed by atoms with Gasteiger partial charge in [-0.05, 0) is 64.0 Å². The molecule has 2 aliphatic heterocycles. The second kappa shape index (κ2) is 8.51. The van der Waals surface area contributed by atoms with E-state index in [2.05, 4.69) is 20.2 Å². The van der Waals surface area contributed by atoms with E-state index in [-0.39, 0.29) is 5.82 Å². The zero-order chi connectivity index (χ0) is 17.8. The maximum atomic E-state index is 14.0. The Morgan fingerprint density at radius 2 is 1.73 bits per heavy atom. The number of hydrogen-bond donors (Lipinski definition) is 1. The highest BCUT2D eigenvalue weighted by molar-refractivity contribution is 5.44. The highest BCUT2D eigenvalue weighted by Crippen LogP contribution is 2.29. The number of nitrogens with zero attached hydrogens (tertiary/aromatic N) is 4. The monoisotopic (exact) mass is 361 g/mol.